The third kappa shape index (κ3) is 3.76. The van der Waals surface area contributed by atoms with Crippen molar-refractivity contribution in [2.75, 3.05) is 12.8 Å². The predicted molar refractivity (Wildman–Crippen MR) is 86.2 cm³/mol. The number of carbonyl (C=O) groups is 1. The van der Waals surface area contributed by atoms with Crippen LogP contribution in [0.3, 0.4) is 0 Å². The van der Waals surface area contributed by atoms with E-state index in [4.69, 9.17) is 22.1 Å². The molecule has 2 aromatic carbocycles. The molecular weight excluding hydrogens is 286 g/mol. The molecule has 110 valence electrons. The van der Waals surface area contributed by atoms with Crippen LogP contribution < -0.4 is 10.5 Å². The fourth-order valence-electron chi connectivity index (χ4n) is 2.17. The van der Waals surface area contributed by atoms with Gasteiger partial charge < -0.3 is 10.5 Å². The number of rotatable bonds is 5. The second kappa shape index (κ2) is 6.64. The SMILES string of the molecule is COc1cc(C(=O)CC(C)c2ccc(N)cc2)ccc1Cl. The van der Waals surface area contributed by atoms with Gasteiger partial charge in [0.15, 0.2) is 5.78 Å². The molecule has 3 nitrogen and oxygen atoms in total. The Bertz CT molecular complexity index is 638. The number of halogens is 1. The third-order valence-electron chi connectivity index (χ3n) is 3.47. The van der Waals surface area contributed by atoms with Gasteiger partial charge in [-0.3, -0.25) is 4.79 Å². The van der Waals surface area contributed by atoms with Gasteiger partial charge in [-0.1, -0.05) is 30.7 Å². The summed E-state index contributed by atoms with van der Waals surface area (Å²) in [4.78, 5) is 12.4. The number of carbonyl (C=O) groups excluding carboxylic acids is 1. The molecule has 0 aromatic heterocycles. The van der Waals surface area contributed by atoms with Crippen molar-refractivity contribution in [3.8, 4) is 5.75 Å². The maximum atomic E-state index is 12.4. The zero-order valence-electron chi connectivity index (χ0n) is 12.1. The van der Waals surface area contributed by atoms with E-state index in [0.717, 1.165) is 11.3 Å². The summed E-state index contributed by atoms with van der Waals surface area (Å²) >= 11 is 5.97. The molecule has 1 atom stereocenters. The Kier molecular flexibility index (Phi) is 4.86. The van der Waals surface area contributed by atoms with E-state index in [0.29, 0.717) is 22.8 Å². The lowest BCUT2D eigenvalue weighted by atomic mass is 9.93. The molecule has 0 spiro atoms. The minimum absolute atomic E-state index is 0.0642. The number of ketones is 1. The molecule has 2 aromatic rings. The highest BCUT2D eigenvalue weighted by molar-refractivity contribution is 6.32. The summed E-state index contributed by atoms with van der Waals surface area (Å²) in [6.07, 6.45) is 0.425. The predicted octanol–water partition coefficient (Wildman–Crippen LogP) is 4.31. The zero-order chi connectivity index (χ0) is 15.4. The van der Waals surface area contributed by atoms with Gasteiger partial charge in [-0.25, -0.2) is 0 Å². The molecule has 2 N–H and O–H groups in total. The number of nitrogens with two attached hydrogens (primary N) is 1. The minimum atomic E-state index is 0.0642. The van der Waals surface area contributed by atoms with Crippen molar-refractivity contribution < 1.29 is 9.53 Å². The molecular formula is C17H18ClNO2. The van der Waals surface area contributed by atoms with Gasteiger partial charge >= 0.3 is 0 Å². The van der Waals surface area contributed by atoms with Crippen LogP contribution >= 0.6 is 11.6 Å². The largest absolute Gasteiger partial charge is 0.495 e. The number of anilines is 1. The molecule has 0 aliphatic heterocycles. The lowest BCUT2D eigenvalue weighted by Crippen LogP contribution is -2.05. The highest BCUT2D eigenvalue weighted by Gasteiger charge is 2.14. The van der Waals surface area contributed by atoms with E-state index >= 15 is 0 Å². The van der Waals surface area contributed by atoms with Gasteiger partial charge in [0, 0.05) is 17.7 Å². The summed E-state index contributed by atoms with van der Waals surface area (Å²) < 4.78 is 5.14. The van der Waals surface area contributed by atoms with Gasteiger partial charge in [-0.2, -0.15) is 0 Å². The first kappa shape index (κ1) is 15.4. The summed E-state index contributed by atoms with van der Waals surface area (Å²) in [6.45, 7) is 2.02. The molecule has 0 aliphatic carbocycles. The van der Waals surface area contributed by atoms with Crippen LogP contribution in [0.25, 0.3) is 0 Å². The number of methoxy groups -OCH3 is 1. The lowest BCUT2D eigenvalue weighted by Gasteiger charge is -2.12. The van der Waals surface area contributed by atoms with Crippen LogP contribution in [0, 0.1) is 0 Å². The molecule has 0 fully saturated rings. The van der Waals surface area contributed by atoms with Crippen molar-refractivity contribution in [1.29, 1.82) is 0 Å². The Labute approximate surface area is 129 Å². The van der Waals surface area contributed by atoms with E-state index < -0.39 is 0 Å². The fourth-order valence-corrected chi connectivity index (χ4v) is 2.37. The van der Waals surface area contributed by atoms with Gasteiger partial charge in [0.05, 0.1) is 12.1 Å². The van der Waals surface area contributed by atoms with Gasteiger partial charge in [-0.05, 0) is 41.8 Å². The average Bonchev–Trinajstić information content (AvgIpc) is 2.48. The first-order valence-corrected chi connectivity index (χ1v) is 7.11. The molecule has 0 bridgehead atoms. The molecule has 0 amide bonds. The number of ether oxygens (including phenoxy) is 1. The van der Waals surface area contributed by atoms with E-state index in [1.165, 1.54) is 7.11 Å². The second-order valence-electron chi connectivity index (χ2n) is 5.04. The minimum Gasteiger partial charge on any atom is -0.495 e. The summed E-state index contributed by atoms with van der Waals surface area (Å²) in [6, 6.07) is 12.7. The number of benzene rings is 2. The molecule has 4 heteroatoms. The van der Waals surface area contributed by atoms with Gasteiger partial charge in [0.1, 0.15) is 5.75 Å². The Morgan fingerprint density at radius 1 is 1.24 bits per heavy atom. The van der Waals surface area contributed by atoms with Crippen molar-refractivity contribution >= 4 is 23.1 Å². The molecule has 1 unspecified atom stereocenters. The third-order valence-corrected chi connectivity index (χ3v) is 3.78. The highest BCUT2D eigenvalue weighted by Crippen LogP contribution is 2.27. The molecule has 0 saturated carbocycles. The van der Waals surface area contributed by atoms with Crippen molar-refractivity contribution in [2.45, 2.75) is 19.3 Å². The summed E-state index contributed by atoms with van der Waals surface area (Å²) in [7, 11) is 1.53. The topological polar surface area (TPSA) is 52.3 Å². The van der Waals surface area contributed by atoms with E-state index in [2.05, 4.69) is 0 Å². The van der Waals surface area contributed by atoms with Crippen LogP contribution in [0.15, 0.2) is 42.5 Å². The Balaban J connectivity index is 2.12. The monoisotopic (exact) mass is 303 g/mol. The van der Waals surface area contributed by atoms with Crippen LogP contribution in [0.5, 0.6) is 5.75 Å². The molecule has 0 saturated heterocycles. The molecule has 21 heavy (non-hydrogen) atoms. The van der Waals surface area contributed by atoms with E-state index in [1.54, 1.807) is 18.2 Å². The average molecular weight is 304 g/mol. The number of nitrogen functional groups attached to an aromatic ring is 1. The normalized spacial score (nSPS) is 12.0. The molecule has 0 heterocycles. The van der Waals surface area contributed by atoms with Gasteiger partial charge in [0.25, 0.3) is 0 Å². The summed E-state index contributed by atoms with van der Waals surface area (Å²) in [5.41, 5.74) is 8.10. The van der Waals surface area contributed by atoms with Crippen LogP contribution in [-0.4, -0.2) is 12.9 Å². The summed E-state index contributed by atoms with van der Waals surface area (Å²) in [5, 5.41) is 0.501. The van der Waals surface area contributed by atoms with Crippen molar-refractivity contribution in [3.63, 3.8) is 0 Å². The highest BCUT2D eigenvalue weighted by atomic mass is 35.5. The lowest BCUT2D eigenvalue weighted by molar-refractivity contribution is 0.0975. The zero-order valence-corrected chi connectivity index (χ0v) is 12.9. The smallest absolute Gasteiger partial charge is 0.163 e. The van der Waals surface area contributed by atoms with E-state index in [-0.39, 0.29) is 11.7 Å². The Hall–Kier alpha value is -2.00. The van der Waals surface area contributed by atoms with Crippen molar-refractivity contribution in [2.24, 2.45) is 0 Å². The first-order valence-electron chi connectivity index (χ1n) is 6.73. The maximum Gasteiger partial charge on any atom is 0.163 e. The van der Waals surface area contributed by atoms with Crippen LogP contribution in [0.1, 0.15) is 35.2 Å². The maximum absolute atomic E-state index is 12.4. The van der Waals surface area contributed by atoms with Gasteiger partial charge in [0.2, 0.25) is 0 Å². The standard InChI is InChI=1S/C17H18ClNO2/c1-11(12-3-6-14(19)7-4-12)9-16(20)13-5-8-15(18)17(10-13)21-2/h3-8,10-11H,9,19H2,1-2H3. The molecule has 2 rings (SSSR count). The number of hydrogen-bond donors (Lipinski definition) is 1. The van der Waals surface area contributed by atoms with Crippen LogP contribution in [0.4, 0.5) is 5.69 Å². The van der Waals surface area contributed by atoms with Crippen molar-refractivity contribution in [1.82, 2.24) is 0 Å². The van der Waals surface area contributed by atoms with E-state index in [9.17, 15) is 4.79 Å². The second-order valence-corrected chi connectivity index (χ2v) is 5.45. The first-order chi connectivity index (χ1) is 10.0. The quantitative estimate of drug-likeness (QED) is 0.661. The Morgan fingerprint density at radius 3 is 2.52 bits per heavy atom. The Morgan fingerprint density at radius 2 is 1.90 bits per heavy atom. The van der Waals surface area contributed by atoms with Gasteiger partial charge in [-0.15, -0.1) is 0 Å². The molecule has 0 radical (unpaired) electrons. The number of Topliss-reactive ketones (excluding diaryl/α,β-unsaturated/α-hetero) is 1. The molecule has 0 aliphatic rings. The van der Waals surface area contributed by atoms with Crippen molar-refractivity contribution in [3.05, 3.63) is 58.6 Å². The van der Waals surface area contributed by atoms with Crippen LogP contribution in [0.2, 0.25) is 5.02 Å². The summed E-state index contributed by atoms with van der Waals surface area (Å²) in [5.74, 6) is 0.705. The number of hydrogen-bond acceptors (Lipinski definition) is 3. The van der Waals surface area contributed by atoms with Crippen LogP contribution in [-0.2, 0) is 0 Å². The van der Waals surface area contributed by atoms with E-state index in [1.807, 2.05) is 31.2 Å². The fraction of sp³-hybridized carbons (Fsp3) is 0.235.